The Bertz CT molecular complexity index is 3380. The highest BCUT2D eigenvalue weighted by atomic mass is 16.2. The number of hydrogen-bond acceptors (Lipinski definition) is 17. The molecule has 3 aromatic carbocycles. The molecular formula is C78H124N18O11. The second-order valence-corrected chi connectivity index (χ2v) is 29.1. The van der Waals surface area contributed by atoms with E-state index in [4.69, 9.17) is 34.4 Å². The van der Waals surface area contributed by atoms with Crippen molar-refractivity contribution in [1.29, 1.82) is 0 Å². The number of aromatic nitrogens is 2. The van der Waals surface area contributed by atoms with E-state index in [9.17, 15) is 52.7 Å². The van der Waals surface area contributed by atoms with E-state index in [-0.39, 0.29) is 95.1 Å². The molecule has 0 aliphatic heterocycles. The fourth-order valence-electron chi connectivity index (χ4n) is 12.3. The summed E-state index contributed by atoms with van der Waals surface area (Å²) in [4.78, 5) is 166. The molecule has 0 saturated heterocycles. The van der Waals surface area contributed by atoms with E-state index in [0.29, 0.717) is 93.4 Å². The number of aromatic amines is 1. The zero-order chi connectivity index (χ0) is 79.0. The summed E-state index contributed by atoms with van der Waals surface area (Å²) >= 11 is 0. The third-order valence-electron chi connectivity index (χ3n) is 18.5. The zero-order valence-corrected chi connectivity index (χ0v) is 64.1. The summed E-state index contributed by atoms with van der Waals surface area (Å²) in [6, 6.07) is 13.8. The van der Waals surface area contributed by atoms with Gasteiger partial charge in [-0.2, -0.15) is 0 Å². The number of unbranched alkanes of at least 4 members (excludes halogenated alkanes) is 4. The molecule has 12 atom stereocenters. The Morgan fingerprint density at radius 2 is 0.682 bits per heavy atom. The van der Waals surface area contributed by atoms with E-state index in [2.05, 4.69) is 63.1 Å². The summed E-state index contributed by atoms with van der Waals surface area (Å²) in [6.45, 7) is 15.9. The lowest BCUT2D eigenvalue weighted by molar-refractivity contribution is -0.137. The maximum Gasteiger partial charge on any atom is 0.243 e. The molecule has 0 aliphatic carbocycles. The van der Waals surface area contributed by atoms with E-state index in [0.717, 1.165) is 5.56 Å². The molecule has 0 spiro atoms. The highest BCUT2D eigenvalue weighted by molar-refractivity contribution is 5.99. The monoisotopic (exact) mass is 1490 g/mol. The quantitative estimate of drug-likeness (QED) is 0.0282. The standard InChI is InChI=1S/C78H124N18O11/c1-9-51(8)66(78(107)95-63(43-50(6)7)74(103)89-58(35-21-25-39-81)72(101)93-65(45-53-29-15-11-16-30-53)77(106)91-61(68(84)97)41-48(2)3)96-73(102)59(36-22-26-40-82)88-70(99)57(34-20-24-38-80)90-76(105)64(44-52-27-13-10-14-28-52)94-75(104)62(42-49(4)5)92-71(100)56(33-19-23-37-79)87-69(98)55(83)46-60-67(86-47-85-60)54-31-17-12-18-32-54/h10-18,27-32,47-51,55-59,61-66H,9,19-26,33-46,79-83H2,1-8H3,(H2,84,97)(H,85,86)(H,87,98)(H,88,99)(H,89,103)(H,90,105)(H,91,106)(H,92,100)(H,93,101)(H,94,104)(H,95,107)(H,96,102)/t51-,55-,56-,57-,58-,59-,61-,62-,63-,64-,65-,66-/m0/s1. The molecule has 0 radical (unpaired) electrons. The summed E-state index contributed by atoms with van der Waals surface area (Å²) in [5.74, 6) is -8.69. The van der Waals surface area contributed by atoms with Gasteiger partial charge >= 0.3 is 0 Å². The molecule has 592 valence electrons. The van der Waals surface area contributed by atoms with Crippen molar-refractivity contribution in [1.82, 2.24) is 63.1 Å². The normalized spacial score (nSPS) is 14.8. The summed E-state index contributed by atoms with van der Waals surface area (Å²) in [7, 11) is 0. The zero-order valence-electron chi connectivity index (χ0n) is 64.1. The van der Waals surface area contributed by atoms with Crippen molar-refractivity contribution >= 4 is 65.0 Å². The van der Waals surface area contributed by atoms with Crippen molar-refractivity contribution in [2.45, 2.75) is 244 Å². The first-order chi connectivity index (χ1) is 51.1. The van der Waals surface area contributed by atoms with Crippen LogP contribution < -0.4 is 87.6 Å². The smallest absolute Gasteiger partial charge is 0.243 e. The molecule has 1 aromatic heterocycles. The fraction of sp³-hybridized carbons (Fsp3) is 0.590. The van der Waals surface area contributed by atoms with Gasteiger partial charge in [0.05, 0.1) is 18.1 Å². The van der Waals surface area contributed by atoms with Crippen LogP contribution in [0.4, 0.5) is 0 Å². The number of amides is 11. The van der Waals surface area contributed by atoms with Gasteiger partial charge in [-0.3, -0.25) is 52.7 Å². The largest absolute Gasteiger partial charge is 0.368 e. The number of H-pyrrole nitrogens is 1. The van der Waals surface area contributed by atoms with Crippen LogP contribution in [0, 0.1) is 23.7 Å². The number of primary amides is 1. The molecule has 0 bridgehead atoms. The third-order valence-corrected chi connectivity index (χ3v) is 18.5. The number of nitrogens with two attached hydrogens (primary N) is 6. The molecule has 29 nitrogen and oxygen atoms in total. The number of nitrogens with one attached hydrogen (secondary N) is 11. The first-order valence-corrected chi connectivity index (χ1v) is 38.2. The topological polar surface area (TPSA) is 493 Å². The van der Waals surface area contributed by atoms with Crippen molar-refractivity contribution in [3.63, 3.8) is 0 Å². The van der Waals surface area contributed by atoms with Crippen LogP contribution in [0.3, 0.4) is 0 Å². The molecule has 11 amide bonds. The molecule has 1 heterocycles. The molecule has 0 saturated carbocycles. The predicted molar refractivity (Wildman–Crippen MR) is 414 cm³/mol. The van der Waals surface area contributed by atoms with Crippen LogP contribution in [0.1, 0.15) is 175 Å². The van der Waals surface area contributed by atoms with Gasteiger partial charge in [-0.1, -0.05) is 153 Å². The Morgan fingerprint density at radius 3 is 1.05 bits per heavy atom. The third kappa shape index (κ3) is 32.8. The number of carbonyl (C=O) groups is 11. The molecule has 107 heavy (non-hydrogen) atoms. The van der Waals surface area contributed by atoms with Gasteiger partial charge in [-0.25, -0.2) is 4.98 Å². The maximum absolute atomic E-state index is 15.0. The molecule has 29 heteroatoms. The summed E-state index contributed by atoms with van der Waals surface area (Å²) in [5, 5.41) is 28.3. The lowest BCUT2D eigenvalue weighted by atomic mass is 9.95. The fourth-order valence-corrected chi connectivity index (χ4v) is 12.3. The second-order valence-electron chi connectivity index (χ2n) is 29.1. The lowest BCUT2D eigenvalue weighted by Gasteiger charge is -2.30. The van der Waals surface area contributed by atoms with Gasteiger partial charge in [-0.05, 0) is 157 Å². The number of imidazole rings is 1. The van der Waals surface area contributed by atoms with E-state index < -0.39 is 137 Å². The average molecular weight is 1490 g/mol. The number of rotatable bonds is 52. The van der Waals surface area contributed by atoms with Gasteiger partial charge < -0.3 is 92.6 Å². The predicted octanol–water partition coefficient (Wildman–Crippen LogP) is 2.47. The molecule has 4 aromatic rings. The minimum absolute atomic E-state index is 0.00807. The van der Waals surface area contributed by atoms with Gasteiger partial charge in [0.15, 0.2) is 0 Å². The van der Waals surface area contributed by atoms with Gasteiger partial charge in [-0.15, -0.1) is 0 Å². The summed E-state index contributed by atoms with van der Waals surface area (Å²) in [5.41, 5.74) is 39.2. The first kappa shape index (κ1) is 90.2. The average Bonchev–Trinajstić information content (AvgIpc) is 1.83. The Balaban J connectivity index is 1.61. The summed E-state index contributed by atoms with van der Waals surface area (Å²) < 4.78 is 0. The van der Waals surface area contributed by atoms with Crippen LogP contribution in [0.15, 0.2) is 97.3 Å². The molecule has 4 rings (SSSR count). The Kier molecular flexibility index (Phi) is 41.3. The van der Waals surface area contributed by atoms with Gasteiger partial charge in [0.1, 0.15) is 60.4 Å². The minimum atomic E-state index is -1.34. The van der Waals surface area contributed by atoms with E-state index in [1.807, 2.05) is 78.8 Å². The summed E-state index contributed by atoms with van der Waals surface area (Å²) in [6.07, 6.45) is 6.27. The van der Waals surface area contributed by atoms with Crippen molar-refractivity contribution in [2.75, 3.05) is 26.2 Å². The Morgan fingerprint density at radius 1 is 0.374 bits per heavy atom. The Hall–Kier alpha value is -9.16. The van der Waals surface area contributed by atoms with Crippen molar-refractivity contribution in [3.8, 4) is 11.3 Å². The minimum Gasteiger partial charge on any atom is -0.368 e. The maximum atomic E-state index is 15.0. The SMILES string of the molecule is CC[C@H](C)[C@H](NC(=O)[C@H](CCCCN)NC(=O)[C@H](CCCCN)NC(=O)[C@H](Cc1ccccc1)NC(=O)[C@H](CC(C)C)NC(=O)[C@H](CCCCN)NC(=O)[C@@H](N)Cc1[nH]cnc1-c1ccccc1)C(=O)N[C@@H](CC(C)C)C(=O)N[C@@H](CCCCN)C(=O)N[C@@H](Cc1ccccc1)C(=O)N[C@@H](CC(C)C)C(N)=O. The van der Waals surface area contributed by atoms with Crippen LogP contribution in [0.5, 0.6) is 0 Å². The second kappa shape index (κ2) is 48.9. The van der Waals surface area contributed by atoms with Crippen molar-refractivity contribution in [2.24, 2.45) is 58.1 Å². The van der Waals surface area contributed by atoms with Crippen LogP contribution >= 0.6 is 0 Å². The molecule has 0 aliphatic rings. The van der Waals surface area contributed by atoms with Gasteiger partial charge in [0.2, 0.25) is 65.0 Å². The first-order valence-electron chi connectivity index (χ1n) is 38.2. The van der Waals surface area contributed by atoms with Crippen LogP contribution in [-0.2, 0) is 72.0 Å². The number of nitrogens with zero attached hydrogens (tertiary/aromatic N) is 1. The van der Waals surface area contributed by atoms with Crippen LogP contribution in [0.2, 0.25) is 0 Å². The van der Waals surface area contributed by atoms with E-state index >= 15 is 0 Å². The lowest BCUT2D eigenvalue weighted by Crippen LogP contribution is -2.61. The van der Waals surface area contributed by atoms with Crippen molar-refractivity contribution < 1.29 is 52.7 Å². The highest BCUT2D eigenvalue weighted by Gasteiger charge is 2.38. The molecular weight excluding hydrogens is 1360 g/mol. The molecule has 0 unspecified atom stereocenters. The van der Waals surface area contributed by atoms with Crippen LogP contribution in [0.25, 0.3) is 11.3 Å². The van der Waals surface area contributed by atoms with E-state index in [1.165, 1.54) is 6.33 Å². The van der Waals surface area contributed by atoms with Gasteiger partial charge in [0, 0.05) is 30.5 Å². The van der Waals surface area contributed by atoms with Crippen LogP contribution in [-0.4, -0.2) is 168 Å². The number of benzene rings is 3. The van der Waals surface area contributed by atoms with Crippen molar-refractivity contribution in [3.05, 3.63) is 114 Å². The number of carbonyl (C=O) groups excluding carboxylic acids is 11. The Labute approximate surface area is 631 Å². The van der Waals surface area contributed by atoms with E-state index in [1.54, 1.807) is 67.6 Å². The number of hydrogen-bond donors (Lipinski definition) is 17. The van der Waals surface area contributed by atoms with Gasteiger partial charge in [0.25, 0.3) is 0 Å². The molecule has 23 N–H and O–H groups in total. The highest BCUT2D eigenvalue weighted by Crippen LogP contribution is 2.22. The molecule has 0 fully saturated rings.